The third kappa shape index (κ3) is 4.90. The number of para-hydroxylation sites is 1. The lowest BCUT2D eigenvalue weighted by molar-refractivity contribution is -0.135. The summed E-state index contributed by atoms with van der Waals surface area (Å²) in [7, 11) is 7.67. The Morgan fingerprint density at radius 1 is 0.974 bits per heavy atom. The Morgan fingerprint density at radius 2 is 1.68 bits per heavy atom. The van der Waals surface area contributed by atoms with E-state index in [9.17, 15) is 9.59 Å². The van der Waals surface area contributed by atoms with Gasteiger partial charge in [-0.1, -0.05) is 30.3 Å². The number of likely N-dealkylation sites (N-methyl/N-ethyl adjacent to an activating group) is 1. The maximum Gasteiger partial charge on any atom is 0.327 e. The van der Waals surface area contributed by atoms with Crippen molar-refractivity contribution in [3.05, 3.63) is 65.9 Å². The van der Waals surface area contributed by atoms with Crippen molar-refractivity contribution in [2.45, 2.75) is 31.3 Å². The predicted octanol–water partition coefficient (Wildman–Crippen LogP) is 3.59. The Morgan fingerprint density at radius 3 is 2.37 bits per heavy atom. The van der Waals surface area contributed by atoms with Gasteiger partial charge in [-0.05, 0) is 62.7 Å². The molecule has 202 valence electrons. The van der Waals surface area contributed by atoms with Crippen molar-refractivity contribution in [1.29, 1.82) is 0 Å². The standard InChI is InChI=1S/C30H39N5O3/c1-31(2)19-20-34-28(36)30(35(29(34)37)16-13-23-9-11-25(38-4)12-10-23)14-17-33(18-15-30)22-24-21-32(3)27-8-6-5-7-26(24)27/h5-12,21H,13-20,22H2,1-4H3. The Labute approximate surface area is 225 Å². The summed E-state index contributed by atoms with van der Waals surface area (Å²) in [6.45, 7) is 4.01. The number of piperidine rings is 1. The van der Waals surface area contributed by atoms with E-state index in [4.69, 9.17) is 4.74 Å². The number of carbonyl (C=O) groups excluding carboxylic acids is 2. The predicted molar refractivity (Wildman–Crippen MR) is 149 cm³/mol. The summed E-state index contributed by atoms with van der Waals surface area (Å²) in [6, 6.07) is 16.3. The second-order valence-corrected chi connectivity index (χ2v) is 10.9. The van der Waals surface area contributed by atoms with Crippen LogP contribution in [0.1, 0.15) is 24.0 Å². The van der Waals surface area contributed by atoms with Crippen LogP contribution in [-0.4, -0.2) is 95.6 Å². The summed E-state index contributed by atoms with van der Waals surface area (Å²) in [6.07, 6.45) is 4.22. The summed E-state index contributed by atoms with van der Waals surface area (Å²) in [5.41, 5.74) is 2.90. The average Bonchev–Trinajstić information content (AvgIpc) is 3.33. The summed E-state index contributed by atoms with van der Waals surface area (Å²) in [4.78, 5) is 35.3. The van der Waals surface area contributed by atoms with E-state index in [1.54, 1.807) is 7.11 Å². The van der Waals surface area contributed by atoms with E-state index in [0.717, 1.165) is 30.9 Å². The molecule has 38 heavy (non-hydrogen) atoms. The molecular weight excluding hydrogens is 478 g/mol. The molecule has 2 aliphatic rings. The van der Waals surface area contributed by atoms with Crippen molar-refractivity contribution in [3.8, 4) is 5.75 Å². The molecule has 8 nitrogen and oxygen atoms in total. The van der Waals surface area contributed by atoms with Crippen LogP contribution in [0.2, 0.25) is 0 Å². The maximum atomic E-state index is 13.9. The lowest BCUT2D eigenvalue weighted by Crippen LogP contribution is -2.56. The zero-order valence-corrected chi connectivity index (χ0v) is 23.0. The SMILES string of the molecule is COc1ccc(CCN2C(=O)N(CCN(C)C)C(=O)C23CCN(Cc2cn(C)c4ccccc24)CC3)cc1. The number of carbonyl (C=O) groups is 2. The van der Waals surface area contributed by atoms with Gasteiger partial charge in [0.15, 0.2) is 0 Å². The van der Waals surface area contributed by atoms with Gasteiger partial charge in [-0.15, -0.1) is 0 Å². The van der Waals surface area contributed by atoms with Crippen molar-refractivity contribution in [2.24, 2.45) is 7.05 Å². The first-order chi connectivity index (χ1) is 18.3. The minimum atomic E-state index is -0.759. The van der Waals surface area contributed by atoms with Gasteiger partial charge in [-0.3, -0.25) is 14.6 Å². The third-order valence-corrected chi connectivity index (χ3v) is 8.23. The maximum absolute atomic E-state index is 13.9. The highest BCUT2D eigenvalue weighted by Gasteiger charge is 2.57. The zero-order chi connectivity index (χ0) is 26.9. The Hall–Kier alpha value is -3.36. The number of aryl methyl sites for hydroxylation is 1. The van der Waals surface area contributed by atoms with Crippen molar-refractivity contribution in [2.75, 3.05) is 53.9 Å². The quantitative estimate of drug-likeness (QED) is 0.406. The number of methoxy groups -OCH3 is 1. The summed E-state index contributed by atoms with van der Waals surface area (Å²) in [5.74, 6) is 0.787. The second kappa shape index (κ2) is 10.8. The van der Waals surface area contributed by atoms with Gasteiger partial charge in [0.1, 0.15) is 11.3 Å². The van der Waals surface area contributed by atoms with Crippen LogP contribution in [0.5, 0.6) is 5.75 Å². The Bertz CT molecular complexity index is 1290. The highest BCUT2D eigenvalue weighted by molar-refractivity contribution is 6.07. The first-order valence-corrected chi connectivity index (χ1v) is 13.5. The number of hydrogen-bond donors (Lipinski definition) is 0. The monoisotopic (exact) mass is 517 g/mol. The van der Waals surface area contributed by atoms with Crippen LogP contribution in [-0.2, 0) is 24.8 Å². The Kier molecular flexibility index (Phi) is 7.45. The molecule has 3 aromatic rings. The molecule has 1 spiro atoms. The van der Waals surface area contributed by atoms with Crippen LogP contribution in [0.4, 0.5) is 4.79 Å². The molecule has 0 saturated carbocycles. The lowest BCUT2D eigenvalue weighted by atomic mass is 9.85. The van der Waals surface area contributed by atoms with Crippen LogP contribution in [0.3, 0.4) is 0 Å². The topological polar surface area (TPSA) is 61.3 Å². The first kappa shape index (κ1) is 26.3. The van der Waals surface area contributed by atoms with Gasteiger partial charge in [0.25, 0.3) is 5.91 Å². The molecule has 5 rings (SSSR count). The van der Waals surface area contributed by atoms with Crippen molar-refractivity contribution in [1.82, 2.24) is 24.2 Å². The molecule has 0 bridgehead atoms. The van der Waals surface area contributed by atoms with Crippen molar-refractivity contribution < 1.29 is 14.3 Å². The number of benzene rings is 2. The molecule has 0 unspecified atom stereocenters. The number of fused-ring (bicyclic) bond motifs is 1. The normalized spacial score (nSPS) is 17.9. The molecule has 3 amide bonds. The van der Waals surface area contributed by atoms with E-state index in [0.29, 0.717) is 38.9 Å². The minimum Gasteiger partial charge on any atom is -0.497 e. The minimum absolute atomic E-state index is 0.0242. The third-order valence-electron chi connectivity index (χ3n) is 8.23. The molecule has 0 radical (unpaired) electrons. The lowest BCUT2D eigenvalue weighted by Gasteiger charge is -2.42. The van der Waals surface area contributed by atoms with Gasteiger partial charge < -0.3 is 19.1 Å². The molecule has 2 saturated heterocycles. The fraction of sp³-hybridized carbons (Fsp3) is 0.467. The second-order valence-electron chi connectivity index (χ2n) is 10.9. The molecular formula is C30H39N5O3. The van der Waals surface area contributed by atoms with Gasteiger partial charge in [0.2, 0.25) is 0 Å². The van der Waals surface area contributed by atoms with Crippen LogP contribution in [0, 0.1) is 0 Å². The van der Waals surface area contributed by atoms with E-state index >= 15 is 0 Å². The summed E-state index contributed by atoms with van der Waals surface area (Å²) >= 11 is 0. The van der Waals surface area contributed by atoms with Gasteiger partial charge in [0, 0.05) is 63.4 Å². The van der Waals surface area contributed by atoms with E-state index < -0.39 is 5.54 Å². The Balaban J connectivity index is 1.33. The summed E-state index contributed by atoms with van der Waals surface area (Å²) in [5, 5.41) is 1.28. The molecule has 0 aliphatic carbocycles. The number of aromatic nitrogens is 1. The first-order valence-electron chi connectivity index (χ1n) is 13.5. The number of imide groups is 1. The van der Waals surface area contributed by atoms with Gasteiger partial charge in [-0.2, -0.15) is 0 Å². The van der Waals surface area contributed by atoms with Crippen molar-refractivity contribution >= 4 is 22.8 Å². The fourth-order valence-electron chi connectivity index (χ4n) is 5.98. The molecule has 2 aromatic carbocycles. The van der Waals surface area contributed by atoms with E-state index in [1.165, 1.54) is 21.4 Å². The summed E-state index contributed by atoms with van der Waals surface area (Å²) < 4.78 is 7.46. The zero-order valence-electron chi connectivity index (χ0n) is 23.0. The number of ether oxygens (including phenoxy) is 1. The van der Waals surface area contributed by atoms with Crippen LogP contribution in [0.25, 0.3) is 10.9 Å². The number of hydrogen-bond acceptors (Lipinski definition) is 5. The van der Waals surface area contributed by atoms with Crippen molar-refractivity contribution in [3.63, 3.8) is 0 Å². The number of urea groups is 1. The molecule has 3 heterocycles. The molecule has 0 N–H and O–H groups in total. The highest BCUT2D eigenvalue weighted by Crippen LogP contribution is 2.38. The van der Waals surface area contributed by atoms with Crippen LogP contribution >= 0.6 is 0 Å². The largest absolute Gasteiger partial charge is 0.497 e. The van der Waals surface area contributed by atoms with Gasteiger partial charge in [-0.25, -0.2) is 4.79 Å². The number of amides is 3. The van der Waals surface area contributed by atoms with Crippen LogP contribution in [0.15, 0.2) is 54.7 Å². The van der Waals surface area contributed by atoms with E-state index in [2.05, 4.69) is 47.0 Å². The molecule has 2 fully saturated rings. The number of rotatable bonds is 9. The van der Waals surface area contributed by atoms with Gasteiger partial charge in [0.05, 0.1) is 7.11 Å². The fourth-order valence-corrected chi connectivity index (χ4v) is 5.98. The molecule has 2 aliphatic heterocycles. The van der Waals surface area contributed by atoms with Gasteiger partial charge >= 0.3 is 6.03 Å². The number of nitrogens with zero attached hydrogens (tertiary/aromatic N) is 5. The highest BCUT2D eigenvalue weighted by atomic mass is 16.5. The van der Waals surface area contributed by atoms with E-state index in [-0.39, 0.29) is 11.9 Å². The molecule has 1 aromatic heterocycles. The van der Waals surface area contributed by atoms with E-state index in [1.807, 2.05) is 48.2 Å². The molecule has 0 atom stereocenters. The molecule has 8 heteroatoms. The smallest absolute Gasteiger partial charge is 0.327 e. The van der Waals surface area contributed by atoms with Crippen LogP contribution < -0.4 is 4.74 Å². The average molecular weight is 518 g/mol. The number of likely N-dealkylation sites (tertiary alicyclic amines) is 1.